The zero-order valence-corrected chi connectivity index (χ0v) is 8.94. The highest BCUT2D eigenvalue weighted by atomic mass is 32.2. The van der Waals surface area contributed by atoms with Crippen molar-refractivity contribution in [2.45, 2.75) is 4.90 Å². The standard InChI is InChI=1S/C9H10N2O4S/c10-6-5-9(12)11-7-1-3-8(4-2-7)16(13,14)15/h1-6H,10H2,(H,11,12)(H,13,14,15)/b6-5-. The lowest BCUT2D eigenvalue weighted by molar-refractivity contribution is -0.111. The molecule has 0 atom stereocenters. The molecule has 0 unspecified atom stereocenters. The number of hydrogen-bond donors (Lipinski definition) is 3. The van der Waals surface area contributed by atoms with Crippen molar-refractivity contribution in [1.82, 2.24) is 0 Å². The van der Waals surface area contributed by atoms with Gasteiger partial charge in [0.15, 0.2) is 0 Å². The molecule has 0 spiro atoms. The van der Waals surface area contributed by atoms with Crippen LogP contribution >= 0.6 is 0 Å². The number of amides is 1. The van der Waals surface area contributed by atoms with Crippen molar-refractivity contribution in [3.63, 3.8) is 0 Å². The lowest BCUT2D eigenvalue weighted by atomic mass is 10.3. The van der Waals surface area contributed by atoms with Gasteiger partial charge in [-0.3, -0.25) is 9.35 Å². The first kappa shape index (κ1) is 12.2. The minimum Gasteiger partial charge on any atom is -0.404 e. The van der Waals surface area contributed by atoms with E-state index in [9.17, 15) is 13.2 Å². The maximum Gasteiger partial charge on any atom is 0.294 e. The van der Waals surface area contributed by atoms with E-state index in [0.717, 1.165) is 12.3 Å². The van der Waals surface area contributed by atoms with E-state index in [1.54, 1.807) is 0 Å². The summed E-state index contributed by atoms with van der Waals surface area (Å²) in [6, 6.07) is 5.06. The van der Waals surface area contributed by atoms with Crippen LogP contribution in [0.3, 0.4) is 0 Å². The van der Waals surface area contributed by atoms with Gasteiger partial charge in [0.25, 0.3) is 10.1 Å². The molecule has 0 radical (unpaired) electrons. The monoisotopic (exact) mass is 242 g/mol. The third kappa shape index (κ3) is 3.37. The van der Waals surface area contributed by atoms with Gasteiger partial charge in [-0.15, -0.1) is 0 Å². The van der Waals surface area contributed by atoms with E-state index in [2.05, 4.69) is 5.32 Å². The Labute approximate surface area is 92.5 Å². The zero-order chi connectivity index (χ0) is 12.2. The van der Waals surface area contributed by atoms with Crippen LogP contribution in [0.4, 0.5) is 5.69 Å². The van der Waals surface area contributed by atoms with Crippen LogP contribution < -0.4 is 11.1 Å². The Morgan fingerprint density at radius 1 is 1.31 bits per heavy atom. The molecular weight excluding hydrogens is 232 g/mol. The van der Waals surface area contributed by atoms with Gasteiger partial charge in [-0.2, -0.15) is 8.42 Å². The minimum atomic E-state index is -4.20. The summed E-state index contributed by atoms with van der Waals surface area (Å²) < 4.78 is 30.1. The second-order valence-corrected chi connectivity index (χ2v) is 4.27. The van der Waals surface area contributed by atoms with E-state index in [0.29, 0.717) is 5.69 Å². The zero-order valence-electron chi connectivity index (χ0n) is 8.12. The quantitative estimate of drug-likeness (QED) is 0.523. The van der Waals surface area contributed by atoms with Crippen LogP contribution in [0.1, 0.15) is 0 Å². The minimum absolute atomic E-state index is 0.236. The van der Waals surface area contributed by atoms with Crippen LogP contribution in [0.25, 0.3) is 0 Å². The Kier molecular flexibility index (Phi) is 3.64. The molecule has 1 amide bonds. The van der Waals surface area contributed by atoms with Crippen LogP contribution in [0.5, 0.6) is 0 Å². The SMILES string of the molecule is N/C=C\C(=O)Nc1ccc(S(=O)(=O)O)cc1. The lowest BCUT2D eigenvalue weighted by Gasteiger charge is -2.02. The number of nitrogens with two attached hydrogens (primary N) is 1. The molecule has 0 saturated heterocycles. The molecule has 0 aliphatic carbocycles. The number of carbonyl (C=O) groups excluding carboxylic acids is 1. The first-order chi connectivity index (χ1) is 7.43. The van der Waals surface area contributed by atoms with Crippen LogP contribution in [-0.2, 0) is 14.9 Å². The average molecular weight is 242 g/mol. The molecule has 1 aromatic carbocycles. The Bertz CT molecular complexity index is 505. The highest BCUT2D eigenvalue weighted by Crippen LogP contribution is 2.13. The Balaban J connectivity index is 2.84. The number of carbonyl (C=O) groups is 1. The van der Waals surface area contributed by atoms with Gasteiger partial charge < -0.3 is 11.1 Å². The molecule has 0 aliphatic rings. The molecule has 86 valence electrons. The largest absolute Gasteiger partial charge is 0.404 e. The number of hydrogen-bond acceptors (Lipinski definition) is 4. The van der Waals surface area contributed by atoms with Crippen LogP contribution in [0.2, 0.25) is 0 Å². The summed E-state index contributed by atoms with van der Waals surface area (Å²) in [5, 5.41) is 2.44. The third-order valence-corrected chi connectivity index (χ3v) is 2.54. The van der Waals surface area contributed by atoms with Gasteiger partial charge in [-0.25, -0.2) is 0 Å². The second kappa shape index (κ2) is 4.77. The maximum absolute atomic E-state index is 11.0. The summed E-state index contributed by atoms with van der Waals surface area (Å²) >= 11 is 0. The summed E-state index contributed by atoms with van der Waals surface area (Å²) in [7, 11) is -4.20. The van der Waals surface area contributed by atoms with Gasteiger partial charge in [0.2, 0.25) is 5.91 Å². The topological polar surface area (TPSA) is 109 Å². The van der Waals surface area contributed by atoms with Gasteiger partial charge in [0.05, 0.1) is 4.90 Å². The first-order valence-electron chi connectivity index (χ1n) is 4.20. The van der Waals surface area contributed by atoms with E-state index in [-0.39, 0.29) is 4.90 Å². The molecule has 0 aromatic heterocycles. The van der Waals surface area contributed by atoms with Gasteiger partial charge in [-0.1, -0.05) is 0 Å². The molecular formula is C9H10N2O4S. The van der Waals surface area contributed by atoms with Gasteiger partial charge in [0, 0.05) is 11.8 Å². The van der Waals surface area contributed by atoms with Crippen molar-refractivity contribution in [2.24, 2.45) is 5.73 Å². The summed E-state index contributed by atoms with van der Waals surface area (Å²) in [4.78, 5) is 10.8. The van der Waals surface area contributed by atoms with Crippen molar-refractivity contribution in [3.8, 4) is 0 Å². The summed E-state index contributed by atoms with van der Waals surface area (Å²) in [5.74, 6) is -0.429. The molecule has 0 aliphatic heterocycles. The highest BCUT2D eigenvalue weighted by molar-refractivity contribution is 7.85. The summed E-state index contributed by atoms with van der Waals surface area (Å²) in [6.45, 7) is 0. The normalized spacial score (nSPS) is 11.6. The van der Waals surface area contributed by atoms with E-state index >= 15 is 0 Å². The second-order valence-electron chi connectivity index (χ2n) is 2.85. The van der Waals surface area contributed by atoms with Gasteiger partial charge >= 0.3 is 0 Å². The van der Waals surface area contributed by atoms with Crippen molar-refractivity contribution in [1.29, 1.82) is 0 Å². The number of rotatable bonds is 3. The van der Waals surface area contributed by atoms with Crippen LogP contribution in [-0.4, -0.2) is 18.9 Å². The molecule has 16 heavy (non-hydrogen) atoms. The number of nitrogens with one attached hydrogen (secondary N) is 1. The molecule has 1 rings (SSSR count). The number of anilines is 1. The molecule has 1 aromatic rings. The van der Waals surface area contributed by atoms with Crippen molar-refractivity contribution < 1.29 is 17.8 Å². The highest BCUT2D eigenvalue weighted by Gasteiger charge is 2.08. The molecule has 4 N–H and O–H groups in total. The van der Waals surface area contributed by atoms with E-state index in [1.807, 2.05) is 0 Å². The fourth-order valence-corrected chi connectivity index (χ4v) is 1.46. The molecule has 0 saturated carbocycles. The predicted octanol–water partition coefficient (Wildman–Crippen LogP) is 0.344. The summed E-state index contributed by atoms with van der Waals surface area (Å²) in [6.07, 6.45) is 2.21. The van der Waals surface area contributed by atoms with Crippen molar-refractivity contribution >= 4 is 21.7 Å². The average Bonchev–Trinajstić information content (AvgIpc) is 2.17. The van der Waals surface area contributed by atoms with Gasteiger partial charge in [0.1, 0.15) is 0 Å². The number of benzene rings is 1. The van der Waals surface area contributed by atoms with E-state index in [4.69, 9.17) is 10.3 Å². The smallest absolute Gasteiger partial charge is 0.294 e. The first-order valence-corrected chi connectivity index (χ1v) is 5.64. The predicted molar refractivity (Wildman–Crippen MR) is 58.2 cm³/mol. The lowest BCUT2D eigenvalue weighted by Crippen LogP contribution is -2.08. The third-order valence-electron chi connectivity index (χ3n) is 1.67. The van der Waals surface area contributed by atoms with Gasteiger partial charge in [-0.05, 0) is 30.5 Å². The fraction of sp³-hybridized carbons (Fsp3) is 0. The summed E-state index contributed by atoms with van der Waals surface area (Å²) in [5.41, 5.74) is 5.41. The maximum atomic E-state index is 11.0. The molecule has 7 heteroatoms. The molecule has 0 fully saturated rings. The van der Waals surface area contributed by atoms with Crippen LogP contribution in [0.15, 0.2) is 41.4 Å². The fourth-order valence-electron chi connectivity index (χ4n) is 0.982. The van der Waals surface area contributed by atoms with E-state index < -0.39 is 16.0 Å². The Hall–Kier alpha value is -1.86. The van der Waals surface area contributed by atoms with Crippen molar-refractivity contribution in [2.75, 3.05) is 5.32 Å². The molecule has 0 heterocycles. The van der Waals surface area contributed by atoms with Crippen LogP contribution in [0, 0.1) is 0 Å². The molecule has 6 nitrogen and oxygen atoms in total. The Morgan fingerprint density at radius 2 is 1.88 bits per heavy atom. The Morgan fingerprint density at radius 3 is 2.31 bits per heavy atom. The molecule has 0 bridgehead atoms. The van der Waals surface area contributed by atoms with E-state index in [1.165, 1.54) is 24.3 Å². The van der Waals surface area contributed by atoms with Crippen molar-refractivity contribution in [3.05, 3.63) is 36.5 Å².